The first-order chi connectivity index (χ1) is 6.70. The lowest BCUT2D eigenvalue weighted by Crippen LogP contribution is -2.20. The Morgan fingerprint density at radius 1 is 1.64 bits per heavy atom. The molecule has 1 fully saturated rings. The SMILES string of the molecule is CCC(Nc1cc(C)n(C)n1)C1CC1. The molecular weight excluding hydrogens is 174 g/mol. The topological polar surface area (TPSA) is 29.9 Å². The summed E-state index contributed by atoms with van der Waals surface area (Å²) in [4.78, 5) is 0. The van der Waals surface area contributed by atoms with Crippen molar-refractivity contribution in [3.05, 3.63) is 11.8 Å². The van der Waals surface area contributed by atoms with E-state index in [2.05, 4.69) is 30.3 Å². The summed E-state index contributed by atoms with van der Waals surface area (Å²) in [5.41, 5.74) is 1.21. The van der Waals surface area contributed by atoms with Gasteiger partial charge in [-0.05, 0) is 32.1 Å². The van der Waals surface area contributed by atoms with Gasteiger partial charge < -0.3 is 5.32 Å². The standard InChI is InChI=1S/C11H19N3/c1-4-10(9-5-6-9)12-11-7-8(2)14(3)13-11/h7,9-10H,4-6H2,1-3H3,(H,12,13). The summed E-state index contributed by atoms with van der Waals surface area (Å²) in [5, 5.41) is 7.93. The summed E-state index contributed by atoms with van der Waals surface area (Å²) in [6, 6.07) is 2.75. The fourth-order valence-corrected chi connectivity index (χ4v) is 1.87. The van der Waals surface area contributed by atoms with Gasteiger partial charge in [0.25, 0.3) is 0 Å². The minimum Gasteiger partial charge on any atom is -0.366 e. The van der Waals surface area contributed by atoms with Crippen molar-refractivity contribution in [1.82, 2.24) is 9.78 Å². The Morgan fingerprint density at radius 2 is 2.36 bits per heavy atom. The van der Waals surface area contributed by atoms with Crippen LogP contribution in [0.4, 0.5) is 5.82 Å². The number of nitrogens with zero attached hydrogens (tertiary/aromatic N) is 2. The molecule has 1 aromatic rings. The van der Waals surface area contributed by atoms with E-state index in [0.29, 0.717) is 6.04 Å². The van der Waals surface area contributed by atoms with Crippen molar-refractivity contribution in [2.24, 2.45) is 13.0 Å². The van der Waals surface area contributed by atoms with Gasteiger partial charge in [-0.15, -0.1) is 0 Å². The van der Waals surface area contributed by atoms with Crippen molar-refractivity contribution >= 4 is 5.82 Å². The summed E-state index contributed by atoms with van der Waals surface area (Å²) in [6.45, 7) is 4.32. The molecule has 1 heterocycles. The highest BCUT2D eigenvalue weighted by atomic mass is 15.3. The van der Waals surface area contributed by atoms with E-state index in [1.165, 1.54) is 25.0 Å². The van der Waals surface area contributed by atoms with Crippen molar-refractivity contribution in [2.45, 2.75) is 39.2 Å². The van der Waals surface area contributed by atoms with E-state index in [1.807, 2.05) is 11.7 Å². The summed E-state index contributed by atoms with van der Waals surface area (Å²) < 4.78 is 1.92. The highest BCUT2D eigenvalue weighted by Crippen LogP contribution is 2.35. The quantitative estimate of drug-likeness (QED) is 0.795. The van der Waals surface area contributed by atoms with E-state index in [0.717, 1.165) is 11.7 Å². The maximum Gasteiger partial charge on any atom is 0.148 e. The molecule has 2 rings (SSSR count). The average Bonchev–Trinajstić information content (AvgIpc) is 2.92. The summed E-state index contributed by atoms with van der Waals surface area (Å²) in [5.74, 6) is 1.92. The first kappa shape index (κ1) is 9.56. The molecule has 78 valence electrons. The molecule has 1 atom stereocenters. The second-order valence-electron chi connectivity index (χ2n) is 4.29. The lowest BCUT2D eigenvalue weighted by atomic mass is 10.1. The van der Waals surface area contributed by atoms with Crippen LogP contribution in [0.5, 0.6) is 0 Å². The zero-order valence-corrected chi connectivity index (χ0v) is 9.25. The third-order valence-electron chi connectivity index (χ3n) is 3.08. The molecule has 0 saturated heterocycles. The van der Waals surface area contributed by atoms with Crippen LogP contribution in [0, 0.1) is 12.8 Å². The first-order valence-corrected chi connectivity index (χ1v) is 5.48. The van der Waals surface area contributed by atoms with E-state index in [4.69, 9.17) is 0 Å². The van der Waals surface area contributed by atoms with Crippen molar-refractivity contribution in [3.8, 4) is 0 Å². The fourth-order valence-electron chi connectivity index (χ4n) is 1.87. The van der Waals surface area contributed by atoms with Gasteiger partial charge in [-0.1, -0.05) is 6.92 Å². The third-order valence-corrected chi connectivity index (χ3v) is 3.08. The molecule has 0 radical (unpaired) electrons. The van der Waals surface area contributed by atoms with Crippen molar-refractivity contribution in [3.63, 3.8) is 0 Å². The number of nitrogens with one attached hydrogen (secondary N) is 1. The number of anilines is 1. The molecule has 0 amide bonds. The fraction of sp³-hybridized carbons (Fsp3) is 0.727. The van der Waals surface area contributed by atoms with E-state index in [9.17, 15) is 0 Å². The predicted octanol–water partition coefficient (Wildman–Crippen LogP) is 2.33. The maximum atomic E-state index is 4.41. The maximum absolute atomic E-state index is 4.41. The zero-order valence-electron chi connectivity index (χ0n) is 9.25. The molecule has 1 saturated carbocycles. The van der Waals surface area contributed by atoms with Crippen LogP contribution in [-0.2, 0) is 7.05 Å². The number of rotatable bonds is 4. The van der Waals surface area contributed by atoms with Crippen LogP contribution in [0.15, 0.2) is 6.07 Å². The molecule has 0 aliphatic heterocycles. The Balaban J connectivity index is 2.01. The van der Waals surface area contributed by atoms with Gasteiger partial charge in [0.05, 0.1) is 0 Å². The largest absolute Gasteiger partial charge is 0.366 e. The van der Waals surface area contributed by atoms with E-state index in [1.54, 1.807) is 0 Å². The second-order valence-corrected chi connectivity index (χ2v) is 4.29. The molecule has 1 aliphatic carbocycles. The van der Waals surface area contributed by atoms with Gasteiger partial charge in [-0.25, -0.2) is 0 Å². The molecule has 0 aromatic carbocycles. The number of aromatic nitrogens is 2. The molecule has 1 N–H and O–H groups in total. The molecule has 14 heavy (non-hydrogen) atoms. The lowest BCUT2D eigenvalue weighted by Gasteiger charge is -2.14. The van der Waals surface area contributed by atoms with Gasteiger partial charge in [0, 0.05) is 24.8 Å². The van der Waals surface area contributed by atoms with Gasteiger partial charge in [0.15, 0.2) is 0 Å². The number of hydrogen-bond donors (Lipinski definition) is 1. The van der Waals surface area contributed by atoms with Gasteiger partial charge in [0.1, 0.15) is 5.82 Å². The summed E-state index contributed by atoms with van der Waals surface area (Å²) in [7, 11) is 1.98. The molecule has 1 aromatic heterocycles. The molecule has 3 nitrogen and oxygen atoms in total. The predicted molar refractivity (Wildman–Crippen MR) is 58.4 cm³/mol. The first-order valence-electron chi connectivity index (χ1n) is 5.48. The molecule has 1 aliphatic rings. The average molecular weight is 193 g/mol. The van der Waals surface area contributed by atoms with Crippen molar-refractivity contribution < 1.29 is 0 Å². The van der Waals surface area contributed by atoms with Crippen LogP contribution >= 0.6 is 0 Å². The Labute approximate surface area is 85.5 Å². The van der Waals surface area contributed by atoms with E-state index < -0.39 is 0 Å². The van der Waals surface area contributed by atoms with Crippen LogP contribution in [0.3, 0.4) is 0 Å². The van der Waals surface area contributed by atoms with E-state index >= 15 is 0 Å². The van der Waals surface area contributed by atoms with Gasteiger partial charge >= 0.3 is 0 Å². The van der Waals surface area contributed by atoms with Crippen LogP contribution in [0.2, 0.25) is 0 Å². The van der Waals surface area contributed by atoms with Gasteiger partial charge in [0.2, 0.25) is 0 Å². The van der Waals surface area contributed by atoms with Crippen LogP contribution < -0.4 is 5.32 Å². The summed E-state index contributed by atoms with van der Waals surface area (Å²) in [6.07, 6.45) is 3.97. The molecule has 3 heteroatoms. The second kappa shape index (κ2) is 3.64. The van der Waals surface area contributed by atoms with Gasteiger partial charge in [-0.3, -0.25) is 4.68 Å². The van der Waals surface area contributed by atoms with Crippen LogP contribution in [-0.4, -0.2) is 15.8 Å². The molecule has 1 unspecified atom stereocenters. The smallest absolute Gasteiger partial charge is 0.148 e. The highest BCUT2D eigenvalue weighted by molar-refractivity contribution is 5.37. The van der Waals surface area contributed by atoms with Crippen LogP contribution in [0.1, 0.15) is 31.9 Å². The number of aryl methyl sites for hydroxylation is 2. The zero-order chi connectivity index (χ0) is 10.1. The highest BCUT2D eigenvalue weighted by Gasteiger charge is 2.30. The summed E-state index contributed by atoms with van der Waals surface area (Å²) >= 11 is 0. The van der Waals surface area contributed by atoms with Gasteiger partial charge in [-0.2, -0.15) is 5.10 Å². The normalized spacial score (nSPS) is 18.2. The van der Waals surface area contributed by atoms with Crippen molar-refractivity contribution in [2.75, 3.05) is 5.32 Å². The molecule has 0 bridgehead atoms. The Morgan fingerprint density at radius 3 is 2.79 bits per heavy atom. The molecular formula is C11H19N3. The lowest BCUT2D eigenvalue weighted by molar-refractivity contribution is 0.611. The van der Waals surface area contributed by atoms with Crippen molar-refractivity contribution in [1.29, 1.82) is 0 Å². The van der Waals surface area contributed by atoms with Crippen LogP contribution in [0.25, 0.3) is 0 Å². The minimum atomic E-state index is 0.629. The Bertz CT molecular complexity index is 293. The monoisotopic (exact) mass is 193 g/mol. The number of hydrogen-bond acceptors (Lipinski definition) is 2. The molecule has 0 spiro atoms. The Kier molecular flexibility index (Phi) is 2.48. The Hall–Kier alpha value is -0.990. The third kappa shape index (κ3) is 1.91. The minimum absolute atomic E-state index is 0.629. The van der Waals surface area contributed by atoms with E-state index in [-0.39, 0.29) is 0 Å².